The number of aliphatic imine (C=N–C) groups is 1. The molecule has 5 nitrogen and oxygen atoms in total. The zero-order chi connectivity index (χ0) is 18.3. The second-order valence-electron chi connectivity index (χ2n) is 5.60. The molecule has 1 fully saturated rings. The molecule has 2 rings (SSSR count). The molecule has 0 saturated carbocycles. The molecule has 0 aromatic heterocycles. The Morgan fingerprint density at radius 2 is 1.79 bits per heavy atom. The van der Waals surface area contributed by atoms with E-state index in [1.165, 1.54) is 25.2 Å². The van der Waals surface area contributed by atoms with E-state index >= 15 is 0 Å². The lowest BCUT2D eigenvalue weighted by Crippen LogP contribution is -2.46. The van der Waals surface area contributed by atoms with Gasteiger partial charge in [0.25, 0.3) is 5.84 Å². The monoisotopic (exact) mass is 437 g/mol. The molecule has 4 atom stereocenters. The molecule has 1 saturated heterocycles. The minimum Gasteiger partial charge on any atom is -0.623 e. The van der Waals surface area contributed by atoms with Crippen molar-refractivity contribution in [3.05, 3.63) is 40.5 Å². The number of benzene rings is 1. The van der Waals surface area contributed by atoms with E-state index in [4.69, 9.17) is 58.0 Å². The van der Waals surface area contributed by atoms with Crippen molar-refractivity contribution in [3.63, 3.8) is 0 Å². The van der Waals surface area contributed by atoms with Gasteiger partial charge < -0.3 is 10.4 Å². The van der Waals surface area contributed by atoms with Crippen molar-refractivity contribution in [2.75, 3.05) is 20.3 Å². The van der Waals surface area contributed by atoms with E-state index < -0.39 is 36.4 Å². The number of halogens is 6. The topological polar surface area (TPSA) is 58.5 Å². The van der Waals surface area contributed by atoms with Gasteiger partial charge in [0.15, 0.2) is 18.0 Å². The molecule has 1 aliphatic rings. The summed E-state index contributed by atoms with van der Waals surface area (Å²) in [5.74, 6) is -0.805. The minimum absolute atomic E-state index is 0.104. The van der Waals surface area contributed by atoms with Gasteiger partial charge in [0, 0.05) is 6.07 Å². The van der Waals surface area contributed by atoms with E-state index in [-0.39, 0.29) is 18.1 Å². The Morgan fingerprint density at radius 1 is 1.21 bits per heavy atom. The van der Waals surface area contributed by atoms with Crippen molar-refractivity contribution < 1.29 is 9.04 Å². The maximum Gasteiger partial charge on any atom is 0.261 e. The lowest BCUT2D eigenvalue weighted by atomic mass is 10.3. The largest absolute Gasteiger partial charge is 0.623 e. The van der Waals surface area contributed by atoms with Crippen molar-refractivity contribution in [3.8, 4) is 0 Å². The third-order valence-corrected chi connectivity index (χ3v) is 5.64. The van der Waals surface area contributed by atoms with Crippen LogP contribution in [-0.2, 0) is 0 Å². The molecule has 1 aromatic rings. The van der Waals surface area contributed by atoms with Crippen molar-refractivity contribution >= 4 is 69.5 Å². The van der Waals surface area contributed by atoms with Crippen molar-refractivity contribution in [1.82, 2.24) is 4.65 Å². The van der Waals surface area contributed by atoms with Crippen LogP contribution < -0.4 is 4.65 Å². The van der Waals surface area contributed by atoms with Gasteiger partial charge in [0.2, 0.25) is 10.5 Å². The highest BCUT2D eigenvalue weighted by Gasteiger charge is 2.46. The molecule has 0 bridgehead atoms. The Hall–Kier alpha value is 0.110. The number of para-hydroxylation sites is 1. The Balaban J connectivity index is 2.34. The van der Waals surface area contributed by atoms with Crippen LogP contribution in [0.5, 0.6) is 0 Å². The van der Waals surface area contributed by atoms with Gasteiger partial charge >= 0.3 is 0 Å². The molecule has 0 amide bonds. The number of hydrogen-bond donors (Lipinski definition) is 0. The molecule has 24 heavy (non-hydrogen) atoms. The molecule has 0 radical (unpaired) electrons. The summed E-state index contributed by atoms with van der Waals surface area (Å²) in [5.41, 5.74) is -1.40. The molecule has 1 aliphatic heterocycles. The third kappa shape index (κ3) is 4.26. The molecular formula is C13H13Cl5FN3O2. The molecule has 1 aromatic carbocycles. The average molecular weight is 440 g/mol. The molecular weight excluding hydrogens is 426 g/mol. The lowest BCUT2D eigenvalue weighted by molar-refractivity contribution is -0.766. The summed E-state index contributed by atoms with van der Waals surface area (Å²) in [6.07, 6.45) is 0. The summed E-state index contributed by atoms with van der Waals surface area (Å²) in [6, 6.07) is 5.45. The second kappa shape index (κ2) is 7.02. The van der Waals surface area contributed by atoms with Crippen LogP contribution in [0.15, 0.2) is 29.3 Å². The van der Waals surface area contributed by atoms with Crippen molar-refractivity contribution in [1.29, 1.82) is 0 Å². The number of nitrogens with zero attached hydrogens (tertiary/aromatic N) is 3. The van der Waals surface area contributed by atoms with Crippen LogP contribution in [0.1, 0.15) is 0 Å². The Kier molecular flexibility index (Phi) is 5.98. The van der Waals surface area contributed by atoms with Crippen LogP contribution in [0.25, 0.3) is 0 Å². The van der Waals surface area contributed by atoms with Gasteiger partial charge in [-0.05, 0) is 6.07 Å². The molecule has 0 spiro atoms. The first-order chi connectivity index (χ1) is 10.9. The Labute approximate surface area is 163 Å². The first kappa shape index (κ1) is 20.4. The van der Waals surface area contributed by atoms with E-state index in [0.29, 0.717) is 0 Å². The van der Waals surface area contributed by atoms with E-state index in [1.807, 2.05) is 0 Å². The zero-order valence-electron chi connectivity index (χ0n) is 12.3. The van der Waals surface area contributed by atoms with Crippen LogP contribution in [0.4, 0.5) is 10.1 Å². The number of likely N-dealkylation sites (N-methyl/N-ethyl adjacent to an activating group) is 1. The maximum absolute atomic E-state index is 13.9. The highest BCUT2D eigenvalue weighted by molar-refractivity contribution is 6.70. The molecule has 4 unspecified atom stereocenters. The van der Waals surface area contributed by atoms with Crippen molar-refractivity contribution in [2.45, 2.75) is 14.7 Å². The normalized spacial score (nSPS) is 32.1. The van der Waals surface area contributed by atoms with Crippen molar-refractivity contribution in [2.24, 2.45) is 4.99 Å². The van der Waals surface area contributed by atoms with E-state index in [2.05, 4.69) is 4.99 Å². The molecule has 134 valence electrons. The SMILES string of the molecule is C[N+]1([O-])C[N+]([O-])(c2ccccc2F)CC1=NC(Cl)C(Cl)C(Cl)(Cl)Cl. The Bertz CT molecular complexity index is 655. The van der Waals surface area contributed by atoms with E-state index in [1.54, 1.807) is 0 Å². The summed E-state index contributed by atoms with van der Waals surface area (Å²) in [6.45, 7) is -0.877. The predicted octanol–water partition coefficient (Wildman–Crippen LogP) is 4.49. The Morgan fingerprint density at radius 3 is 2.33 bits per heavy atom. The smallest absolute Gasteiger partial charge is 0.261 e. The average Bonchev–Trinajstić information content (AvgIpc) is 2.67. The predicted molar refractivity (Wildman–Crippen MR) is 97.9 cm³/mol. The van der Waals surface area contributed by atoms with Crippen LogP contribution >= 0.6 is 58.0 Å². The fourth-order valence-electron chi connectivity index (χ4n) is 2.42. The maximum atomic E-state index is 13.9. The number of amidine groups is 1. The number of alkyl halides is 5. The summed E-state index contributed by atoms with van der Waals surface area (Å²) in [5, 5.41) is 24.3. The van der Waals surface area contributed by atoms with Crippen LogP contribution in [0.3, 0.4) is 0 Å². The first-order valence-corrected chi connectivity index (χ1v) is 8.69. The molecule has 0 N–H and O–H groups in total. The highest BCUT2D eigenvalue weighted by atomic mass is 35.6. The molecule has 0 aliphatic carbocycles. The third-order valence-electron chi connectivity index (χ3n) is 3.56. The van der Waals surface area contributed by atoms with Crippen LogP contribution in [-0.4, -0.2) is 45.4 Å². The van der Waals surface area contributed by atoms with Gasteiger partial charge in [-0.2, -0.15) is 0 Å². The van der Waals surface area contributed by atoms with Gasteiger partial charge in [-0.25, -0.2) is 9.38 Å². The van der Waals surface area contributed by atoms with Gasteiger partial charge in [-0.3, -0.25) is 9.29 Å². The molecule has 11 heteroatoms. The summed E-state index contributed by atoms with van der Waals surface area (Å²) in [7, 11) is 1.22. The zero-order valence-corrected chi connectivity index (χ0v) is 16.1. The quantitative estimate of drug-likeness (QED) is 0.302. The van der Waals surface area contributed by atoms with E-state index in [9.17, 15) is 14.8 Å². The van der Waals surface area contributed by atoms with Crippen LogP contribution in [0.2, 0.25) is 0 Å². The second-order valence-corrected chi connectivity index (χ2v) is 8.89. The van der Waals surface area contributed by atoms with Gasteiger partial charge in [0.05, 0.1) is 7.05 Å². The number of hydrogen-bond acceptors (Lipinski definition) is 3. The number of quaternary nitrogens is 2. The minimum atomic E-state index is -1.90. The molecule has 1 heterocycles. The number of rotatable bonds is 3. The standard InChI is InChI=1S/C13H13Cl5FN3O2/c1-21(23)7-22(24,9-5-3-2-4-8(9)19)6-10(21)20-12(15)11(14)13(16,17)18/h2-5,11-12H,6-7H2,1H3. The fraction of sp³-hybridized carbons (Fsp3) is 0.462. The van der Waals surface area contributed by atoms with Crippen LogP contribution in [0, 0.1) is 16.2 Å². The first-order valence-electron chi connectivity index (χ1n) is 6.69. The summed E-state index contributed by atoms with van der Waals surface area (Å²) in [4.78, 5) is 3.96. The van der Waals surface area contributed by atoms with Gasteiger partial charge in [-0.1, -0.05) is 58.5 Å². The summed E-state index contributed by atoms with van der Waals surface area (Å²) >= 11 is 28.9. The number of hydroxylamine groups is 5. The fourth-order valence-corrected chi connectivity index (χ4v) is 3.33. The highest BCUT2D eigenvalue weighted by Crippen LogP contribution is 2.39. The van der Waals surface area contributed by atoms with Gasteiger partial charge in [0.1, 0.15) is 10.9 Å². The lowest BCUT2D eigenvalue weighted by Gasteiger charge is -2.38. The summed E-state index contributed by atoms with van der Waals surface area (Å²) < 4.78 is 9.72. The van der Waals surface area contributed by atoms with E-state index in [0.717, 1.165) is 6.07 Å². The van der Waals surface area contributed by atoms with Gasteiger partial charge in [-0.15, -0.1) is 11.6 Å².